The molecule has 118 valence electrons. The second-order valence-electron chi connectivity index (χ2n) is 6.18. The highest BCUT2D eigenvalue weighted by atomic mass is 35.5. The number of rotatable bonds is 5. The van der Waals surface area contributed by atoms with Crippen LogP contribution >= 0.6 is 23.2 Å². The molecule has 0 aromatic carbocycles. The SMILES string of the molecule is C[Si](C)(C)CCOCn1c(Cl)c(C#N)c2nc(Cl)c(F)cc21. The summed E-state index contributed by atoms with van der Waals surface area (Å²) in [5.41, 5.74) is 0.858. The van der Waals surface area contributed by atoms with Crippen molar-refractivity contribution in [2.75, 3.05) is 6.61 Å². The standard InChI is InChI=1S/C14H16Cl2FN3OSi/c1-22(2,3)5-4-21-8-20-11-6-10(17)13(15)19-12(11)9(7-18)14(20)16/h6H,4-5,8H2,1-3H3. The Bertz CT molecular complexity index is 749. The third kappa shape index (κ3) is 3.61. The number of aromatic nitrogens is 2. The lowest BCUT2D eigenvalue weighted by Crippen LogP contribution is -2.22. The summed E-state index contributed by atoms with van der Waals surface area (Å²) < 4.78 is 20.8. The Kier molecular flexibility index (Phi) is 5.13. The molecule has 2 aromatic rings. The summed E-state index contributed by atoms with van der Waals surface area (Å²) in [6.45, 7) is 7.50. The van der Waals surface area contributed by atoms with Crippen LogP contribution in [0, 0.1) is 17.1 Å². The van der Waals surface area contributed by atoms with Gasteiger partial charge in [-0.25, -0.2) is 9.37 Å². The number of hydrogen-bond donors (Lipinski definition) is 0. The molecule has 0 amide bonds. The summed E-state index contributed by atoms with van der Waals surface area (Å²) in [4.78, 5) is 3.91. The molecule has 4 nitrogen and oxygen atoms in total. The van der Waals surface area contributed by atoms with Crippen LogP contribution in [0.15, 0.2) is 6.07 Å². The highest BCUT2D eigenvalue weighted by Gasteiger charge is 2.19. The van der Waals surface area contributed by atoms with E-state index in [9.17, 15) is 9.65 Å². The van der Waals surface area contributed by atoms with Gasteiger partial charge in [0.2, 0.25) is 0 Å². The number of ether oxygens (including phenoxy) is 1. The normalized spacial score (nSPS) is 11.9. The minimum absolute atomic E-state index is 0.143. The van der Waals surface area contributed by atoms with E-state index in [1.807, 2.05) is 6.07 Å². The minimum atomic E-state index is -1.19. The summed E-state index contributed by atoms with van der Waals surface area (Å²) in [7, 11) is -1.19. The average Bonchev–Trinajstić information content (AvgIpc) is 2.66. The van der Waals surface area contributed by atoms with Crippen molar-refractivity contribution in [3.63, 3.8) is 0 Å². The van der Waals surface area contributed by atoms with Crippen LogP contribution < -0.4 is 0 Å². The molecular formula is C14H16Cl2FN3OSi. The zero-order valence-electron chi connectivity index (χ0n) is 12.6. The minimum Gasteiger partial charge on any atom is -0.361 e. The lowest BCUT2D eigenvalue weighted by molar-refractivity contribution is 0.0904. The molecule has 8 heteroatoms. The predicted molar refractivity (Wildman–Crippen MR) is 88.5 cm³/mol. The Morgan fingerprint density at radius 1 is 1.41 bits per heavy atom. The van der Waals surface area contributed by atoms with E-state index in [2.05, 4.69) is 24.6 Å². The Balaban J connectivity index is 2.31. The van der Waals surface area contributed by atoms with E-state index in [-0.39, 0.29) is 28.1 Å². The van der Waals surface area contributed by atoms with E-state index in [0.29, 0.717) is 12.1 Å². The number of nitrogens with zero attached hydrogens (tertiary/aromatic N) is 3. The van der Waals surface area contributed by atoms with Gasteiger partial charge in [-0.3, -0.25) is 0 Å². The van der Waals surface area contributed by atoms with Gasteiger partial charge in [0, 0.05) is 20.7 Å². The van der Waals surface area contributed by atoms with Crippen molar-refractivity contribution in [3.05, 3.63) is 27.8 Å². The fourth-order valence-corrected chi connectivity index (χ4v) is 3.11. The van der Waals surface area contributed by atoms with Gasteiger partial charge in [0.1, 0.15) is 29.0 Å². The Labute approximate surface area is 139 Å². The van der Waals surface area contributed by atoms with Gasteiger partial charge < -0.3 is 9.30 Å². The van der Waals surface area contributed by atoms with Gasteiger partial charge in [-0.1, -0.05) is 42.8 Å². The topological polar surface area (TPSA) is 50.8 Å². The molecule has 0 aliphatic rings. The molecule has 0 bridgehead atoms. The number of fused-ring (bicyclic) bond motifs is 1. The van der Waals surface area contributed by atoms with Crippen molar-refractivity contribution in [2.24, 2.45) is 0 Å². The molecule has 0 aliphatic heterocycles. The Hall–Kier alpha value is -1.13. The molecule has 0 unspecified atom stereocenters. The van der Waals surface area contributed by atoms with Crippen molar-refractivity contribution < 1.29 is 9.13 Å². The van der Waals surface area contributed by atoms with E-state index < -0.39 is 13.9 Å². The number of nitriles is 1. The smallest absolute Gasteiger partial charge is 0.165 e. The first-order valence-electron chi connectivity index (χ1n) is 6.76. The molecule has 0 radical (unpaired) electrons. The Morgan fingerprint density at radius 2 is 2.09 bits per heavy atom. The molecule has 0 fully saturated rings. The molecule has 0 saturated heterocycles. The first kappa shape index (κ1) is 17.2. The fourth-order valence-electron chi connectivity index (χ4n) is 1.94. The first-order chi connectivity index (χ1) is 10.2. The molecule has 0 atom stereocenters. The zero-order valence-corrected chi connectivity index (χ0v) is 15.1. The van der Waals surface area contributed by atoms with Crippen molar-refractivity contribution in [3.8, 4) is 6.07 Å². The quantitative estimate of drug-likeness (QED) is 0.442. The zero-order chi connectivity index (χ0) is 16.5. The molecule has 0 aliphatic carbocycles. The highest BCUT2D eigenvalue weighted by Crippen LogP contribution is 2.30. The van der Waals surface area contributed by atoms with Gasteiger partial charge in [0.25, 0.3) is 0 Å². The van der Waals surface area contributed by atoms with E-state index in [1.165, 1.54) is 10.6 Å². The second kappa shape index (κ2) is 6.55. The maximum atomic E-state index is 13.6. The van der Waals surface area contributed by atoms with Crippen LogP contribution in [-0.2, 0) is 11.5 Å². The molecule has 2 heterocycles. The summed E-state index contributed by atoms with van der Waals surface area (Å²) in [6, 6.07) is 4.20. The molecule has 0 N–H and O–H groups in total. The number of pyridine rings is 1. The maximum absolute atomic E-state index is 13.6. The highest BCUT2D eigenvalue weighted by molar-refractivity contribution is 6.76. The molecule has 0 spiro atoms. The van der Waals surface area contributed by atoms with Crippen LogP contribution in [0.2, 0.25) is 36.0 Å². The van der Waals surface area contributed by atoms with Crippen LogP contribution in [0.1, 0.15) is 5.56 Å². The van der Waals surface area contributed by atoms with Crippen molar-refractivity contribution in [1.82, 2.24) is 9.55 Å². The third-order valence-corrected chi connectivity index (χ3v) is 5.57. The summed E-state index contributed by atoms with van der Waals surface area (Å²) >= 11 is 11.9. The van der Waals surface area contributed by atoms with Crippen molar-refractivity contribution >= 4 is 42.3 Å². The fraction of sp³-hybridized carbons (Fsp3) is 0.429. The molecule has 22 heavy (non-hydrogen) atoms. The van der Waals surface area contributed by atoms with E-state index >= 15 is 0 Å². The van der Waals surface area contributed by atoms with Gasteiger partial charge in [-0.15, -0.1) is 0 Å². The molecular weight excluding hydrogens is 344 g/mol. The van der Waals surface area contributed by atoms with E-state index in [4.69, 9.17) is 27.9 Å². The lowest BCUT2D eigenvalue weighted by atomic mass is 10.3. The van der Waals surface area contributed by atoms with Gasteiger partial charge in [-0.2, -0.15) is 5.26 Å². The van der Waals surface area contributed by atoms with Gasteiger partial charge in [0.15, 0.2) is 11.0 Å². The van der Waals surface area contributed by atoms with Crippen LogP contribution in [0.3, 0.4) is 0 Å². The third-order valence-electron chi connectivity index (χ3n) is 3.21. The monoisotopic (exact) mass is 359 g/mol. The first-order valence-corrected chi connectivity index (χ1v) is 11.2. The number of halogens is 3. The van der Waals surface area contributed by atoms with E-state index in [0.717, 1.165) is 6.04 Å². The molecule has 2 aromatic heterocycles. The summed E-state index contributed by atoms with van der Waals surface area (Å²) in [5, 5.41) is 9.11. The lowest BCUT2D eigenvalue weighted by Gasteiger charge is -2.16. The molecule has 0 saturated carbocycles. The maximum Gasteiger partial charge on any atom is 0.165 e. The van der Waals surface area contributed by atoms with Gasteiger partial charge >= 0.3 is 0 Å². The van der Waals surface area contributed by atoms with Crippen LogP contribution in [0.4, 0.5) is 4.39 Å². The van der Waals surface area contributed by atoms with Crippen molar-refractivity contribution in [2.45, 2.75) is 32.4 Å². The summed E-state index contributed by atoms with van der Waals surface area (Å²) in [5.74, 6) is -0.656. The Morgan fingerprint density at radius 3 is 2.68 bits per heavy atom. The van der Waals surface area contributed by atoms with Crippen LogP contribution in [0.5, 0.6) is 0 Å². The van der Waals surface area contributed by atoms with Gasteiger partial charge in [0.05, 0.1) is 5.52 Å². The van der Waals surface area contributed by atoms with Gasteiger partial charge in [-0.05, 0) is 6.04 Å². The molecule has 2 rings (SSSR count). The van der Waals surface area contributed by atoms with Crippen LogP contribution in [0.25, 0.3) is 11.0 Å². The van der Waals surface area contributed by atoms with Crippen LogP contribution in [-0.4, -0.2) is 24.2 Å². The van der Waals surface area contributed by atoms with Crippen molar-refractivity contribution in [1.29, 1.82) is 5.26 Å². The second-order valence-corrected chi connectivity index (χ2v) is 12.5. The summed E-state index contributed by atoms with van der Waals surface area (Å²) in [6.07, 6.45) is 0. The largest absolute Gasteiger partial charge is 0.361 e. The average molecular weight is 360 g/mol. The number of hydrogen-bond acceptors (Lipinski definition) is 3. The predicted octanol–water partition coefficient (Wildman–Crippen LogP) is 4.67. The van der Waals surface area contributed by atoms with E-state index in [1.54, 1.807) is 0 Å².